The molecule has 0 aromatic carbocycles. The normalized spacial score (nSPS) is 11.8. The zero-order valence-electron chi connectivity index (χ0n) is 6.29. The van der Waals surface area contributed by atoms with Crippen molar-refractivity contribution in [3.8, 4) is 0 Å². The van der Waals surface area contributed by atoms with E-state index in [-0.39, 0.29) is 6.15 Å². The second kappa shape index (κ2) is 6.85. The van der Waals surface area contributed by atoms with Crippen LogP contribution in [0, 0.1) is 0 Å². The minimum absolute atomic E-state index is 0. The molecule has 0 bridgehead atoms. The lowest BCUT2D eigenvalue weighted by Crippen LogP contribution is -2.42. The summed E-state index contributed by atoms with van der Waals surface area (Å²) in [5.74, 6) is -0.390. The van der Waals surface area contributed by atoms with E-state index in [0.29, 0.717) is 6.42 Å². The second-order valence-electron chi connectivity index (χ2n) is 1.71. The van der Waals surface area contributed by atoms with Crippen molar-refractivity contribution in [2.75, 3.05) is 12.0 Å². The molecule has 0 radical (unpaired) electrons. The number of aliphatic carboxylic acids is 1. The Hall–Kier alpha value is -0.260. The maximum Gasteiger partial charge on any atom is 0.0582 e. The quantitative estimate of drug-likeness (QED) is 0.570. The number of rotatable bonds is 4. The number of carbonyl (C=O) groups is 1. The molecule has 1 atom stereocenters. The predicted molar refractivity (Wildman–Crippen MR) is 42.0 cm³/mol. The van der Waals surface area contributed by atoms with E-state index in [4.69, 9.17) is 5.73 Å². The lowest BCUT2D eigenvalue weighted by atomic mass is 10.2. The van der Waals surface area contributed by atoms with Crippen molar-refractivity contribution in [3.63, 3.8) is 0 Å². The maximum atomic E-state index is 9.96. The fourth-order valence-electron chi connectivity index (χ4n) is 0.363. The summed E-state index contributed by atoms with van der Waals surface area (Å²) in [6.07, 6.45) is 2.39. The summed E-state index contributed by atoms with van der Waals surface area (Å²) in [7, 11) is 0. The van der Waals surface area contributed by atoms with Crippen LogP contribution in [0.2, 0.25) is 0 Å². The van der Waals surface area contributed by atoms with Crippen LogP contribution in [0.5, 0.6) is 0 Å². The zero-order valence-corrected chi connectivity index (χ0v) is 7.11. The highest BCUT2D eigenvalue weighted by molar-refractivity contribution is 7.98. The summed E-state index contributed by atoms with van der Waals surface area (Å²) in [4.78, 5) is 9.96. The average molecular weight is 166 g/mol. The molecule has 0 saturated carbocycles. The Kier molecular flexibility index (Phi) is 8.51. The highest BCUT2D eigenvalue weighted by Crippen LogP contribution is 1.96. The van der Waals surface area contributed by atoms with Crippen LogP contribution < -0.4 is 17.0 Å². The molecule has 62 valence electrons. The Bertz CT molecular complexity index is 99.6. The van der Waals surface area contributed by atoms with Gasteiger partial charge in [-0.3, -0.25) is 0 Å². The molecule has 5 heteroatoms. The molecule has 4 nitrogen and oxygen atoms in total. The molecule has 0 amide bonds. The van der Waals surface area contributed by atoms with E-state index < -0.39 is 12.0 Å². The molecule has 0 fully saturated rings. The molecule has 0 rings (SSSR count). The first kappa shape index (κ1) is 12.4. The summed E-state index contributed by atoms with van der Waals surface area (Å²) in [6, 6.07) is -0.794. The van der Waals surface area contributed by atoms with Gasteiger partial charge in [-0.25, -0.2) is 0 Å². The minimum Gasteiger partial charge on any atom is -0.548 e. The molecule has 0 aliphatic heterocycles. The maximum absolute atomic E-state index is 9.96. The highest BCUT2D eigenvalue weighted by atomic mass is 32.2. The van der Waals surface area contributed by atoms with Crippen molar-refractivity contribution < 1.29 is 9.90 Å². The van der Waals surface area contributed by atoms with Crippen LogP contribution in [-0.4, -0.2) is 24.0 Å². The summed E-state index contributed by atoms with van der Waals surface area (Å²) < 4.78 is 0. The van der Waals surface area contributed by atoms with Gasteiger partial charge in [0.05, 0.1) is 5.97 Å². The molecule has 0 unspecified atom stereocenters. The van der Waals surface area contributed by atoms with Gasteiger partial charge in [0.1, 0.15) is 0 Å². The van der Waals surface area contributed by atoms with Gasteiger partial charge in [0.2, 0.25) is 0 Å². The van der Waals surface area contributed by atoms with Crippen molar-refractivity contribution in [1.29, 1.82) is 0 Å². The molecule has 0 aromatic rings. The van der Waals surface area contributed by atoms with E-state index in [1.54, 1.807) is 11.8 Å². The van der Waals surface area contributed by atoms with E-state index in [1.165, 1.54) is 0 Å². The van der Waals surface area contributed by atoms with Gasteiger partial charge in [0, 0.05) is 6.04 Å². The van der Waals surface area contributed by atoms with Gasteiger partial charge in [0.15, 0.2) is 0 Å². The van der Waals surface area contributed by atoms with Crippen LogP contribution in [0.1, 0.15) is 6.42 Å². The predicted octanol–water partition coefficient (Wildman–Crippen LogP) is -0.807. The summed E-state index contributed by atoms with van der Waals surface area (Å²) in [5.41, 5.74) is 5.13. The lowest BCUT2D eigenvalue weighted by molar-refractivity contribution is -0.307. The van der Waals surface area contributed by atoms with Gasteiger partial charge in [-0.1, -0.05) is 0 Å². The lowest BCUT2D eigenvalue weighted by Gasteiger charge is -2.10. The van der Waals surface area contributed by atoms with E-state index in [1.807, 2.05) is 6.26 Å². The number of hydrogen-bond acceptors (Lipinski definition) is 4. The molecule has 0 spiro atoms. The third kappa shape index (κ3) is 5.87. The molecular weight excluding hydrogens is 152 g/mol. The molecule has 0 aliphatic rings. The summed E-state index contributed by atoms with van der Waals surface area (Å²) in [6.45, 7) is 0. The number of carboxylic acid groups (broad SMARTS) is 1. The largest absolute Gasteiger partial charge is 0.548 e. The third-order valence-electron chi connectivity index (χ3n) is 0.936. The smallest absolute Gasteiger partial charge is 0.0582 e. The van der Waals surface area contributed by atoms with E-state index in [0.717, 1.165) is 5.75 Å². The van der Waals surface area contributed by atoms with Gasteiger partial charge >= 0.3 is 0 Å². The van der Waals surface area contributed by atoms with Gasteiger partial charge in [-0.05, 0) is 18.4 Å². The Morgan fingerprint density at radius 3 is 2.60 bits per heavy atom. The molecule has 10 heavy (non-hydrogen) atoms. The summed E-state index contributed by atoms with van der Waals surface area (Å²) >= 11 is 1.58. The molecule has 6 N–H and O–H groups in total. The van der Waals surface area contributed by atoms with Crippen LogP contribution in [0.15, 0.2) is 0 Å². The van der Waals surface area contributed by atoms with Crippen molar-refractivity contribution in [2.45, 2.75) is 12.5 Å². The SMILES string of the molecule is CSCC[C@H](N)C(=O)[O-].[NH4+]. The van der Waals surface area contributed by atoms with Crippen LogP contribution >= 0.6 is 11.8 Å². The van der Waals surface area contributed by atoms with Gasteiger partial charge in [-0.2, -0.15) is 11.8 Å². The minimum atomic E-state index is -1.16. The van der Waals surface area contributed by atoms with Gasteiger partial charge in [0.25, 0.3) is 0 Å². The third-order valence-corrected chi connectivity index (χ3v) is 1.58. The highest BCUT2D eigenvalue weighted by Gasteiger charge is 2.00. The molecule has 0 saturated heterocycles. The Labute approximate surface area is 64.8 Å². The molecule has 0 heterocycles. The number of quaternary nitrogens is 1. The van der Waals surface area contributed by atoms with Crippen molar-refractivity contribution >= 4 is 17.7 Å². The van der Waals surface area contributed by atoms with Crippen molar-refractivity contribution in [3.05, 3.63) is 0 Å². The standard InChI is InChI=1S/C5H11NO2S.H3N/c1-9-3-2-4(6)5(7)8;/h4H,2-3,6H2,1H3,(H,7,8);1H3/t4-;/m0./s1. The van der Waals surface area contributed by atoms with Crippen LogP contribution in [-0.2, 0) is 4.79 Å². The second-order valence-corrected chi connectivity index (χ2v) is 2.69. The topological polar surface area (TPSA) is 103 Å². The van der Waals surface area contributed by atoms with E-state index >= 15 is 0 Å². The number of thioether (sulfide) groups is 1. The Morgan fingerprint density at radius 2 is 2.30 bits per heavy atom. The Balaban J connectivity index is 0. The van der Waals surface area contributed by atoms with Gasteiger partial charge in [-0.15, -0.1) is 0 Å². The molecule has 0 aromatic heterocycles. The van der Waals surface area contributed by atoms with Crippen LogP contribution in [0.4, 0.5) is 0 Å². The van der Waals surface area contributed by atoms with Crippen LogP contribution in [0.25, 0.3) is 0 Å². The first-order valence-corrected chi connectivity index (χ1v) is 4.03. The average Bonchev–Trinajstić information content (AvgIpc) is 1.82. The number of hydrogen-bond donors (Lipinski definition) is 2. The molecule has 0 aliphatic carbocycles. The fraction of sp³-hybridized carbons (Fsp3) is 0.800. The number of carboxylic acids is 1. The number of nitrogens with two attached hydrogens (primary N) is 1. The first-order chi connectivity index (χ1) is 4.18. The van der Waals surface area contributed by atoms with Crippen molar-refractivity contribution in [1.82, 2.24) is 6.15 Å². The zero-order chi connectivity index (χ0) is 7.28. The number of carbonyl (C=O) groups excluding carboxylic acids is 1. The van der Waals surface area contributed by atoms with Crippen molar-refractivity contribution in [2.24, 2.45) is 5.73 Å². The molecular formula is C5H14N2O2S. The monoisotopic (exact) mass is 166 g/mol. The van der Waals surface area contributed by atoms with E-state index in [9.17, 15) is 9.90 Å². The van der Waals surface area contributed by atoms with Gasteiger partial charge < -0.3 is 21.8 Å². The van der Waals surface area contributed by atoms with E-state index in [2.05, 4.69) is 0 Å². The first-order valence-electron chi connectivity index (χ1n) is 2.64. The van der Waals surface area contributed by atoms with Crippen LogP contribution in [0.3, 0.4) is 0 Å². The fourth-order valence-corrected chi connectivity index (χ4v) is 0.852. The summed E-state index contributed by atoms with van der Waals surface area (Å²) in [5, 5.41) is 9.96. The Morgan fingerprint density at radius 1 is 1.80 bits per heavy atom.